The SMILES string of the molecule is COc1cncc2cccc(S(=O)(=O)N3CCC4C3CCCN4C(=O)O)c12. The summed E-state index contributed by atoms with van der Waals surface area (Å²) in [6.07, 6.45) is 3.96. The number of sulfonamides is 1. The molecule has 0 radical (unpaired) electrons. The Hall–Kier alpha value is -2.39. The number of carbonyl (C=O) groups is 1. The zero-order valence-electron chi connectivity index (χ0n) is 14.9. The number of hydrogen-bond donors (Lipinski definition) is 1. The van der Waals surface area contributed by atoms with E-state index in [0.717, 1.165) is 0 Å². The van der Waals surface area contributed by atoms with Crippen LogP contribution in [0.2, 0.25) is 0 Å². The maximum Gasteiger partial charge on any atom is 0.407 e. The highest BCUT2D eigenvalue weighted by molar-refractivity contribution is 7.89. The Balaban J connectivity index is 1.79. The van der Waals surface area contributed by atoms with Crippen molar-refractivity contribution in [3.05, 3.63) is 30.6 Å². The molecule has 3 heterocycles. The van der Waals surface area contributed by atoms with Crippen molar-refractivity contribution in [2.75, 3.05) is 20.2 Å². The van der Waals surface area contributed by atoms with E-state index in [9.17, 15) is 18.3 Å². The number of methoxy groups -OCH3 is 1. The molecule has 2 unspecified atom stereocenters. The number of rotatable bonds is 3. The summed E-state index contributed by atoms with van der Waals surface area (Å²) in [5.41, 5.74) is 0. The Kier molecular flexibility index (Phi) is 4.43. The number of piperidine rings is 1. The zero-order valence-corrected chi connectivity index (χ0v) is 15.7. The molecule has 1 N–H and O–H groups in total. The van der Waals surface area contributed by atoms with Gasteiger partial charge in [-0.1, -0.05) is 12.1 Å². The van der Waals surface area contributed by atoms with Gasteiger partial charge in [-0.2, -0.15) is 4.31 Å². The average Bonchev–Trinajstić information content (AvgIpc) is 3.11. The second-order valence-corrected chi connectivity index (χ2v) is 8.71. The van der Waals surface area contributed by atoms with Gasteiger partial charge in [0.1, 0.15) is 5.75 Å². The summed E-state index contributed by atoms with van der Waals surface area (Å²) >= 11 is 0. The van der Waals surface area contributed by atoms with E-state index in [1.165, 1.54) is 22.5 Å². The second-order valence-electron chi connectivity index (χ2n) is 6.85. The Morgan fingerprint density at radius 3 is 2.78 bits per heavy atom. The van der Waals surface area contributed by atoms with Crippen LogP contribution in [0.3, 0.4) is 0 Å². The van der Waals surface area contributed by atoms with Crippen molar-refractivity contribution in [3.8, 4) is 5.75 Å². The molecule has 1 aromatic heterocycles. The molecule has 2 aliphatic rings. The maximum atomic E-state index is 13.5. The van der Waals surface area contributed by atoms with Crippen LogP contribution in [0.4, 0.5) is 4.79 Å². The standard InChI is InChI=1S/C18H21N3O5S/c1-26-15-11-19-10-12-4-2-6-16(17(12)15)27(24,25)21-9-7-13-14(21)5-3-8-20(13)18(22)23/h2,4,6,10-11,13-14H,3,5,7-9H2,1H3,(H,22,23). The topological polar surface area (TPSA) is 100 Å². The molecule has 4 rings (SSSR count). The van der Waals surface area contributed by atoms with Gasteiger partial charge in [0.15, 0.2) is 0 Å². The van der Waals surface area contributed by atoms with E-state index in [1.807, 2.05) is 0 Å². The molecule has 27 heavy (non-hydrogen) atoms. The van der Waals surface area contributed by atoms with E-state index < -0.39 is 16.1 Å². The van der Waals surface area contributed by atoms with Crippen molar-refractivity contribution < 1.29 is 23.1 Å². The second kappa shape index (κ2) is 6.65. The fourth-order valence-electron chi connectivity index (χ4n) is 4.35. The molecule has 2 aliphatic heterocycles. The molecule has 8 nitrogen and oxygen atoms in total. The molecule has 1 amide bonds. The van der Waals surface area contributed by atoms with Crippen LogP contribution in [0.5, 0.6) is 5.75 Å². The molecule has 2 fully saturated rings. The fraction of sp³-hybridized carbons (Fsp3) is 0.444. The van der Waals surface area contributed by atoms with Crippen molar-refractivity contribution in [2.45, 2.75) is 36.2 Å². The van der Waals surface area contributed by atoms with E-state index >= 15 is 0 Å². The molecular weight excluding hydrogens is 370 g/mol. The third-order valence-electron chi connectivity index (χ3n) is 5.52. The third kappa shape index (κ3) is 2.81. The quantitative estimate of drug-likeness (QED) is 0.861. The molecule has 0 spiro atoms. The zero-order chi connectivity index (χ0) is 19.2. The number of amides is 1. The average molecular weight is 391 g/mol. The Bertz CT molecular complexity index is 988. The van der Waals surface area contributed by atoms with Crippen LogP contribution in [0.15, 0.2) is 35.5 Å². The summed E-state index contributed by atoms with van der Waals surface area (Å²) in [7, 11) is -2.33. The summed E-state index contributed by atoms with van der Waals surface area (Å²) in [6, 6.07) is 4.44. The number of pyridine rings is 1. The summed E-state index contributed by atoms with van der Waals surface area (Å²) in [5, 5.41) is 10.6. The predicted molar refractivity (Wildman–Crippen MR) is 98.3 cm³/mol. The van der Waals surface area contributed by atoms with Gasteiger partial charge < -0.3 is 14.7 Å². The summed E-state index contributed by atoms with van der Waals surface area (Å²) in [6.45, 7) is 0.767. The van der Waals surface area contributed by atoms with E-state index in [0.29, 0.717) is 48.9 Å². The number of likely N-dealkylation sites (tertiary alicyclic amines) is 1. The lowest BCUT2D eigenvalue weighted by Crippen LogP contribution is -2.52. The van der Waals surface area contributed by atoms with Gasteiger partial charge in [0.25, 0.3) is 0 Å². The summed E-state index contributed by atoms with van der Waals surface area (Å²) in [4.78, 5) is 17.2. The molecule has 2 atom stereocenters. The van der Waals surface area contributed by atoms with E-state index in [1.54, 1.807) is 24.4 Å². The van der Waals surface area contributed by atoms with Gasteiger partial charge in [0, 0.05) is 36.1 Å². The minimum Gasteiger partial charge on any atom is -0.494 e. The van der Waals surface area contributed by atoms with Gasteiger partial charge >= 0.3 is 6.09 Å². The van der Waals surface area contributed by atoms with Crippen LogP contribution in [-0.4, -0.2) is 66.1 Å². The number of hydrogen-bond acceptors (Lipinski definition) is 5. The first-order valence-electron chi connectivity index (χ1n) is 8.87. The van der Waals surface area contributed by atoms with Gasteiger partial charge in [-0.15, -0.1) is 0 Å². The van der Waals surface area contributed by atoms with Crippen molar-refractivity contribution in [1.29, 1.82) is 0 Å². The van der Waals surface area contributed by atoms with Crippen LogP contribution >= 0.6 is 0 Å². The van der Waals surface area contributed by atoms with Gasteiger partial charge in [-0.05, 0) is 25.3 Å². The highest BCUT2D eigenvalue weighted by Crippen LogP contribution is 2.38. The first kappa shape index (κ1) is 18.0. The fourth-order valence-corrected chi connectivity index (χ4v) is 6.28. The molecule has 1 aromatic carbocycles. The molecule has 0 bridgehead atoms. The lowest BCUT2D eigenvalue weighted by molar-refractivity contribution is 0.0944. The smallest absolute Gasteiger partial charge is 0.407 e. The third-order valence-corrected chi connectivity index (χ3v) is 7.49. The Morgan fingerprint density at radius 2 is 2.04 bits per heavy atom. The Morgan fingerprint density at radius 1 is 1.22 bits per heavy atom. The normalized spacial score (nSPS) is 23.4. The molecule has 2 aromatic rings. The molecule has 0 aliphatic carbocycles. The van der Waals surface area contributed by atoms with Crippen LogP contribution in [0.1, 0.15) is 19.3 Å². The molecule has 0 saturated carbocycles. The van der Waals surface area contributed by atoms with Crippen molar-refractivity contribution >= 4 is 26.9 Å². The van der Waals surface area contributed by atoms with Crippen LogP contribution in [0.25, 0.3) is 10.8 Å². The Labute approximate surface area is 157 Å². The largest absolute Gasteiger partial charge is 0.494 e. The van der Waals surface area contributed by atoms with Crippen LogP contribution in [0, 0.1) is 0 Å². The van der Waals surface area contributed by atoms with Gasteiger partial charge in [-0.25, -0.2) is 13.2 Å². The molecule has 2 saturated heterocycles. The lowest BCUT2D eigenvalue weighted by Gasteiger charge is -2.37. The van der Waals surface area contributed by atoms with E-state index in [4.69, 9.17) is 4.74 Å². The summed E-state index contributed by atoms with van der Waals surface area (Å²) < 4.78 is 33.9. The van der Waals surface area contributed by atoms with Crippen LogP contribution in [-0.2, 0) is 10.0 Å². The van der Waals surface area contributed by atoms with Gasteiger partial charge in [-0.3, -0.25) is 4.98 Å². The number of ether oxygens (including phenoxy) is 1. The molecule has 9 heteroatoms. The minimum atomic E-state index is -3.81. The number of nitrogens with zero attached hydrogens (tertiary/aromatic N) is 3. The molecular formula is C18H21N3O5S. The monoisotopic (exact) mass is 391 g/mol. The van der Waals surface area contributed by atoms with Gasteiger partial charge in [0.2, 0.25) is 10.0 Å². The predicted octanol–water partition coefficient (Wildman–Crippen LogP) is 2.15. The number of aromatic nitrogens is 1. The number of carboxylic acid groups (broad SMARTS) is 1. The van der Waals surface area contributed by atoms with Crippen molar-refractivity contribution in [1.82, 2.24) is 14.2 Å². The number of fused-ring (bicyclic) bond motifs is 2. The number of benzene rings is 1. The summed E-state index contributed by atoms with van der Waals surface area (Å²) in [5.74, 6) is 0.401. The first-order chi connectivity index (χ1) is 12.9. The van der Waals surface area contributed by atoms with Crippen molar-refractivity contribution in [3.63, 3.8) is 0 Å². The van der Waals surface area contributed by atoms with Crippen LogP contribution < -0.4 is 4.74 Å². The van der Waals surface area contributed by atoms with E-state index in [2.05, 4.69) is 4.98 Å². The highest BCUT2D eigenvalue weighted by atomic mass is 32.2. The first-order valence-corrected chi connectivity index (χ1v) is 10.3. The van der Waals surface area contributed by atoms with Crippen molar-refractivity contribution in [2.24, 2.45) is 0 Å². The highest BCUT2D eigenvalue weighted by Gasteiger charge is 2.47. The lowest BCUT2D eigenvalue weighted by atomic mass is 9.98. The maximum absolute atomic E-state index is 13.5. The minimum absolute atomic E-state index is 0.173. The molecule has 144 valence electrons. The van der Waals surface area contributed by atoms with Gasteiger partial charge in [0.05, 0.1) is 24.2 Å². The van der Waals surface area contributed by atoms with E-state index in [-0.39, 0.29) is 17.0 Å².